The number of benzene rings is 3. The molecule has 1 unspecified atom stereocenters. The summed E-state index contributed by atoms with van der Waals surface area (Å²) in [6, 6.07) is 24.4. The van der Waals surface area contributed by atoms with Crippen LogP contribution in [0.25, 0.3) is 16.5 Å². The topological polar surface area (TPSA) is 64.0 Å². The normalized spacial score (nSPS) is 15.2. The molecule has 1 aromatic heterocycles. The maximum Gasteiger partial charge on any atom is 0.279 e. The van der Waals surface area contributed by atoms with E-state index in [2.05, 4.69) is 22.5 Å². The van der Waals surface area contributed by atoms with Crippen molar-refractivity contribution in [3.63, 3.8) is 0 Å². The Balaban J connectivity index is 1.60. The van der Waals surface area contributed by atoms with Crippen LogP contribution in [0.5, 0.6) is 0 Å². The molecule has 1 atom stereocenters. The van der Waals surface area contributed by atoms with Crippen molar-refractivity contribution >= 4 is 16.7 Å². The first-order valence-corrected chi connectivity index (χ1v) is 9.68. The number of hydrogen-bond donors (Lipinski definition) is 1. The fourth-order valence-corrected chi connectivity index (χ4v) is 4.04. The molecule has 3 aromatic carbocycles. The second kappa shape index (κ2) is 7.02. The van der Waals surface area contributed by atoms with E-state index in [4.69, 9.17) is 0 Å². The van der Waals surface area contributed by atoms with Gasteiger partial charge < -0.3 is 5.32 Å². The number of fused-ring (bicyclic) bond motifs is 2. The highest BCUT2D eigenvalue weighted by Crippen LogP contribution is 2.31. The molecule has 4 aromatic rings. The number of nitrogens with one attached hydrogen (secondary N) is 1. The molecule has 1 N–H and O–H groups in total. The number of aromatic nitrogens is 2. The highest BCUT2D eigenvalue weighted by molar-refractivity contribution is 6.05. The van der Waals surface area contributed by atoms with Gasteiger partial charge in [-0.3, -0.25) is 9.59 Å². The van der Waals surface area contributed by atoms with Gasteiger partial charge in [0.1, 0.15) is 0 Å². The number of rotatable bonds is 3. The van der Waals surface area contributed by atoms with Crippen molar-refractivity contribution in [2.24, 2.45) is 0 Å². The van der Waals surface area contributed by atoms with E-state index in [-0.39, 0.29) is 23.2 Å². The lowest BCUT2D eigenvalue weighted by atomic mass is 10.1. The van der Waals surface area contributed by atoms with Crippen molar-refractivity contribution in [2.75, 3.05) is 0 Å². The fraction of sp³-hybridized carbons (Fsp3) is 0.125. The van der Waals surface area contributed by atoms with Gasteiger partial charge in [-0.1, -0.05) is 60.7 Å². The van der Waals surface area contributed by atoms with Crippen molar-refractivity contribution in [1.82, 2.24) is 15.1 Å². The van der Waals surface area contributed by atoms with Crippen LogP contribution in [0.1, 0.15) is 34.1 Å². The molecule has 0 spiro atoms. The Morgan fingerprint density at radius 2 is 1.59 bits per heavy atom. The van der Waals surface area contributed by atoms with Crippen LogP contribution in [0.2, 0.25) is 0 Å². The van der Waals surface area contributed by atoms with Crippen LogP contribution in [0.4, 0.5) is 0 Å². The molecule has 1 heterocycles. The summed E-state index contributed by atoms with van der Waals surface area (Å²) in [6.45, 7) is 0. The molecule has 0 fully saturated rings. The molecule has 1 aliphatic rings. The van der Waals surface area contributed by atoms with Gasteiger partial charge in [-0.25, -0.2) is 0 Å². The van der Waals surface area contributed by atoms with Gasteiger partial charge in [-0.15, -0.1) is 0 Å². The molecule has 5 rings (SSSR count). The highest BCUT2D eigenvalue weighted by atomic mass is 16.2. The second-order valence-corrected chi connectivity index (χ2v) is 7.21. The molecule has 5 heteroatoms. The SMILES string of the molecule is O=C(NC1CCc2ccccc21)c1nn(-c2ccccc2)c(=O)c2ccccc12. The van der Waals surface area contributed by atoms with Crippen LogP contribution >= 0.6 is 0 Å². The summed E-state index contributed by atoms with van der Waals surface area (Å²) in [7, 11) is 0. The molecule has 0 aliphatic heterocycles. The zero-order valence-corrected chi connectivity index (χ0v) is 15.7. The molecular formula is C24H19N3O2. The van der Waals surface area contributed by atoms with Crippen LogP contribution in [0, 0.1) is 0 Å². The number of aryl methyl sites for hydroxylation is 1. The molecule has 0 saturated heterocycles. The molecule has 1 amide bonds. The van der Waals surface area contributed by atoms with Crippen LogP contribution < -0.4 is 10.9 Å². The lowest BCUT2D eigenvalue weighted by Gasteiger charge is -2.16. The van der Waals surface area contributed by atoms with Crippen LogP contribution in [0.3, 0.4) is 0 Å². The molecule has 29 heavy (non-hydrogen) atoms. The molecule has 0 bridgehead atoms. The van der Waals surface area contributed by atoms with Crippen molar-refractivity contribution < 1.29 is 4.79 Å². The van der Waals surface area contributed by atoms with E-state index in [9.17, 15) is 9.59 Å². The summed E-state index contributed by atoms with van der Waals surface area (Å²) in [5.74, 6) is -0.271. The van der Waals surface area contributed by atoms with E-state index < -0.39 is 0 Å². The molecule has 5 nitrogen and oxygen atoms in total. The predicted molar refractivity (Wildman–Crippen MR) is 112 cm³/mol. The zero-order valence-electron chi connectivity index (χ0n) is 15.7. The Bertz CT molecular complexity index is 1280. The lowest BCUT2D eigenvalue weighted by molar-refractivity contribution is 0.0932. The van der Waals surface area contributed by atoms with E-state index in [0.717, 1.165) is 18.4 Å². The minimum Gasteiger partial charge on any atom is -0.344 e. The maximum atomic E-state index is 13.2. The lowest BCUT2D eigenvalue weighted by Crippen LogP contribution is -2.31. The van der Waals surface area contributed by atoms with Gasteiger partial charge in [0.25, 0.3) is 11.5 Å². The third-order valence-corrected chi connectivity index (χ3v) is 5.46. The van der Waals surface area contributed by atoms with E-state index in [1.807, 2.05) is 36.4 Å². The van der Waals surface area contributed by atoms with Crippen LogP contribution in [-0.2, 0) is 6.42 Å². The van der Waals surface area contributed by atoms with Crippen LogP contribution in [-0.4, -0.2) is 15.7 Å². The zero-order chi connectivity index (χ0) is 19.8. The van der Waals surface area contributed by atoms with E-state index >= 15 is 0 Å². The Labute approximate surface area is 167 Å². The third kappa shape index (κ3) is 3.01. The van der Waals surface area contributed by atoms with Crippen LogP contribution in [0.15, 0.2) is 83.7 Å². The quantitative estimate of drug-likeness (QED) is 0.587. The summed E-state index contributed by atoms with van der Waals surface area (Å²) in [5.41, 5.74) is 3.07. The number of hydrogen-bond acceptors (Lipinski definition) is 3. The van der Waals surface area contributed by atoms with Gasteiger partial charge in [0.15, 0.2) is 5.69 Å². The fourth-order valence-electron chi connectivity index (χ4n) is 4.04. The van der Waals surface area contributed by atoms with Crippen molar-refractivity contribution in [1.29, 1.82) is 0 Å². The largest absolute Gasteiger partial charge is 0.344 e. The number of para-hydroxylation sites is 1. The Kier molecular flexibility index (Phi) is 4.21. The van der Waals surface area contributed by atoms with E-state index in [1.54, 1.807) is 30.3 Å². The van der Waals surface area contributed by atoms with E-state index in [0.29, 0.717) is 16.5 Å². The monoisotopic (exact) mass is 381 g/mol. The van der Waals surface area contributed by atoms with Crippen molar-refractivity contribution in [3.8, 4) is 5.69 Å². The highest BCUT2D eigenvalue weighted by Gasteiger charge is 2.26. The minimum absolute atomic E-state index is 0.0450. The first-order valence-electron chi connectivity index (χ1n) is 9.68. The minimum atomic E-state index is -0.271. The summed E-state index contributed by atoms with van der Waals surface area (Å²) in [6.07, 6.45) is 1.81. The smallest absolute Gasteiger partial charge is 0.279 e. The summed E-state index contributed by atoms with van der Waals surface area (Å²) in [4.78, 5) is 26.2. The average molecular weight is 381 g/mol. The van der Waals surface area contributed by atoms with Gasteiger partial charge in [0.05, 0.1) is 17.1 Å². The molecular weight excluding hydrogens is 362 g/mol. The third-order valence-electron chi connectivity index (χ3n) is 5.46. The Morgan fingerprint density at radius 1 is 0.897 bits per heavy atom. The number of carbonyl (C=O) groups is 1. The van der Waals surface area contributed by atoms with Gasteiger partial charge >= 0.3 is 0 Å². The van der Waals surface area contributed by atoms with Gasteiger partial charge in [-0.05, 0) is 42.2 Å². The Hall–Kier alpha value is -3.73. The van der Waals surface area contributed by atoms with Crippen molar-refractivity contribution in [3.05, 3.63) is 106 Å². The van der Waals surface area contributed by atoms with Gasteiger partial charge in [0, 0.05) is 5.39 Å². The first kappa shape index (κ1) is 17.4. The van der Waals surface area contributed by atoms with E-state index in [1.165, 1.54) is 10.2 Å². The summed E-state index contributed by atoms with van der Waals surface area (Å²) < 4.78 is 1.31. The number of amides is 1. The second-order valence-electron chi connectivity index (χ2n) is 7.21. The Morgan fingerprint density at radius 3 is 2.41 bits per heavy atom. The average Bonchev–Trinajstić information content (AvgIpc) is 3.17. The number of nitrogens with zero attached hydrogens (tertiary/aromatic N) is 2. The predicted octanol–water partition coefficient (Wildman–Crippen LogP) is 3.80. The van der Waals surface area contributed by atoms with Gasteiger partial charge in [-0.2, -0.15) is 9.78 Å². The summed E-state index contributed by atoms with van der Waals surface area (Å²) in [5, 5.41) is 8.62. The molecule has 0 radical (unpaired) electrons. The molecule has 142 valence electrons. The maximum absolute atomic E-state index is 13.2. The first-order chi connectivity index (χ1) is 14.2. The van der Waals surface area contributed by atoms with Gasteiger partial charge in [0.2, 0.25) is 0 Å². The molecule has 0 saturated carbocycles. The summed E-state index contributed by atoms with van der Waals surface area (Å²) >= 11 is 0. The molecule has 1 aliphatic carbocycles. The standard InChI is InChI=1S/C24H19N3O2/c28-23(25-21-15-14-16-8-4-5-11-18(16)21)22-19-12-6-7-13-20(19)24(29)27(26-22)17-9-2-1-3-10-17/h1-13,21H,14-15H2,(H,25,28). The number of carbonyl (C=O) groups excluding carboxylic acids is 1. The van der Waals surface area contributed by atoms with Crippen molar-refractivity contribution in [2.45, 2.75) is 18.9 Å².